The summed E-state index contributed by atoms with van der Waals surface area (Å²) in [4.78, 5) is 21.0. The van der Waals surface area contributed by atoms with Crippen molar-refractivity contribution in [1.82, 2.24) is 9.80 Å². The zero-order chi connectivity index (χ0) is 21.5. The predicted molar refractivity (Wildman–Crippen MR) is 121 cm³/mol. The quantitative estimate of drug-likeness (QED) is 0.704. The maximum atomic E-state index is 11.5. The standard InChI is InChI=1S/C23H26BrN3O3/c1-15-4-6-19-17(12-15)21(25-18-13-16(24)5-7-20(18)30-19)27-10-8-26(9-11-27)14-23(2,3)22(28)29/h4-7,12-13H,8-11,14H2,1-3H3,(H,28,29). The Morgan fingerprint density at radius 3 is 2.53 bits per heavy atom. The van der Waals surface area contributed by atoms with Crippen LogP contribution in [0.25, 0.3) is 0 Å². The Morgan fingerprint density at radius 2 is 1.83 bits per heavy atom. The van der Waals surface area contributed by atoms with Crippen molar-refractivity contribution < 1.29 is 14.6 Å². The number of nitrogens with zero attached hydrogens (tertiary/aromatic N) is 3. The third-order valence-electron chi connectivity index (χ3n) is 5.61. The molecule has 0 amide bonds. The largest absolute Gasteiger partial charge is 0.481 e. The highest BCUT2D eigenvalue weighted by Gasteiger charge is 2.32. The minimum absolute atomic E-state index is 0.539. The summed E-state index contributed by atoms with van der Waals surface area (Å²) in [5, 5.41) is 9.44. The van der Waals surface area contributed by atoms with Gasteiger partial charge in [0.05, 0.1) is 11.0 Å². The zero-order valence-corrected chi connectivity index (χ0v) is 19.1. The minimum Gasteiger partial charge on any atom is -0.481 e. The number of carboxylic acids is 1. The summed E-state index contributed by atoms with van der Waals surface area (Å²) in [6, 6.07) is 12.0. The average Bonchev–Trinajstić information content (AvgIpc) is 2.84. The zero-order valence-electron chi connectivity index (χ0n) is 17.5. The van der Waals surface area contributed by atoms with Crippen molar-refractivity contribution in [3.63, 3.8) is 0 Å². The lowest BCUT2D eigenvalue weighted by Gasteiger charge is -2.39. The number of piperazine rings is 1. The van der Waals surface area contributed by atoms with E-state index in [1.807, 2.05) is 30.3 Å². The van der Waals surface area contributed by atoms with Gasteiger partial charge >= 0.3 is 5.97 Å². The van der Waals surface area contributed by atoms with Crippen molar-refractivity contribution in [3.8, 4) is 11.5 Å². The van der Waals surface area contributed by atoms with Crippen LogP contribution in [0.1, 0.15) is 25.0 Å². The Bertz CT molecular complexity index is 1010. The molecule has 1 N–H and O–H groups in total. The molecule has 0 atom stereocenters. The molecule has 0 radical (unpaired) electrons. The third kappa shape index (κ3) is 4.23. The van der Waals surface area contributed by atoms with Crippen molar-refractivity contribution in [2.75, 3.05) is 32.7 Å². The predicted octanol–water partition coefficient (Wildman–Crippen LogP) is 4.67. The Kier molecular flexibility index (Phi) is 5.59. The lowest BCUT2D eigenvalue weighted by atomic mass is 9.93. The number of fused-ring (bicyclic) bond motifs is 2. The molecule has 30 heavy (non-hydrogen) atoms. The summed E-state index contributed by atoms with van der Waals surface area (Å²) >= 11 is 3.53. The molecule has 0 spiro atoms. The van der Waals surface area contributed by atoms with Gasteiger partial charge in [-0.25, -0.2) is 4.99 Å². The molecule has 2 heterocycles. The van der Waals surface area contributed by atoms with Crippen LogP contribution in [0.4, 0.5) is 5.69 Å². The van der Waals surface area contributed by atoms with E-state index in [0.717, 1.165) is 64.8 Å². The summed E-state index contributed by atoms with van der Waals surface area (Å²) in [6.07, 6.45) is 0. The highest BCUT2D eigenvalue weighted by atomic mass is 79.9. The maximum Gasteiger partial charge on any atom is 0.310 e. The molecule has 7 heteroatoms. The van der Waals surface area contributed by atoms with Crippen LogP contribution < -0.4 is 4.74 Å². The summed E-state index contributed by atoms with van der Waals surface area (Å²) in [7, 11) is 0. The van der Waals surface area contributed by atoms with E-state index in [2.05, 4.69) is 38.7 Å². The summed E-state index contributed by atoms with van der Waals surface area (Å²) < 4.78 is 7.16. The van der Waals surface area contributed by atoms with Crippen LogP contribution in [-0.4, -0.2) is 59.4 Å². The third-order valence-corrected chi connectivity index (χ3v) is 6.11. The van der Waals surface area contributed by atoms with E-state index in [4.69, 9.17) is 9.73 Å². The average molecular weight is 472 g/mol. The number of ether oxygens (including phenoxy) is 1. The summed E-state index contributed by atoms with van der Waals surface area (Å²) in [5.41, 5.74) is 2.17. The first-order chi connectivity index (χ1) is 14.2. The molecule has 2 aliphatic rings. The molecular formula is C23H26BrN3O3. The summed E-state index contributed by atoms with van der Waals surface area (Å²) in [6.45, 7) is 9.32. The number of carboxylic acid groups (broad SMARTS) is 1. The van der Waals surface area contributed by atoms with Crippen molar-refractivity contribution >= 4 is 33.4 Å². The van der Waals surface area contributed by atoms with Gasteiger partial charge in [-0.05, 0) is 51.1 Å². The Hall–Kier alpha value is -2.38. The van der Waals surface area contributed by atoms with Gasteiger partial charge in [0.1, 0.15) is 17.3 Å². The fourth-order valence-corrected chi connectivity index (χ4v) is 4.20. The van der Waals surface area contributed by atoms with E-state index in [1.54, 1.807) is 13.8 Å². The highest BCUT2D eigenvalue weighted by molar-refractivity contribution is 9.10. The number of amidine groups is 1. The first kappa shape index (κ1) is 20.9. The van der Waals surface area contributed by atoms with E-state index in [-0.39, 0.29) is 0 Å². The molecule has 4 rings (SSSR count). The Labute approximate surface area is 185 Å². The topological polar surface area (TPSA) is 65.4 Å². The van der Waals surface area contributed by atoms with Crippen LogP contribution in [0.5, 0.6) is 11.5 Å². The second-order valence-electron chi connectivity index (χ2n) is 8.60. The molecular weight excluding hydrogens is 446 g/mol. The molecule has 6 nitrogen and oxygen atoms in total. The van der Waals surface area contributed by atoms with Crippen LogP contribution in [0.3, 0.4) is 0 Å². The van der Waals surface area contributed by atoms with Gasteiger partial charge in [0.2, 0.25) is 0 Å². The van der Waals surface area contributed by atoms with Gasteiger partial charge in [-0.1, -0.05) is 27.6 Å². The van der Waals surface area contributed by atoms with Gasteiger partial charge in [-0.2, -0.15) is 0 Å². The maximum absolute atomic E-state index is 11.5. The van der Waals surface area contributed by atoms with Gasteiger partial charge in [-0.15, -0.1) is 0 Å². The Morgan fingerprint density at radius 1 is 1.13 bits per heavy atom. The molecule has 0 aliphatic carbocycles. The first-order valence-electron chi connectivity index (χ1n) is 10.1. The van der Waals surface area contributed by atoms with Gasteiger partial charge in [0, 0.05) is 37.2 Å². The summed E-state index contributed by atoms with van der Waals surface area (Å²) in [5.74, 6) is 1.68. The number of carbonyl (C=O) groups is 1. The molecule has 0 saturated carbocycles. The van der Waals surface area contributed by atoms with E-state index in [1.165, 1.54) is 0 Å². The first-order valence-corrected chi connectivity index (χ1v) is 10.9. The Balaban J connectivity index is 1.63. The normalized spacial score (nSPS) is 16.8. The number of rotatable bonds is 3. The number of benzene rings is 2. The van der Waals surface area contributed by atoms with Crippen LogP contribution >= 0.6 is 15.9 Å². The van der Waals surface area contributed by atoms with Crippen LogP contribution in [0.15, 0.2) is 45.9 Å². The van der Waals surface area contributed by atoms with Gasteiger partial charge < -0.3 is 14.7 Å². The van der Waals surface area contributed by atoms with E-state index < -0.39 is 11.4 Å². The smallest absolute Gasteiger partial charge is 0.310 e. The van der Waals surface area contributed by atoms with Gasteiger partial charge in [0.25, 0.3) is 0 Å². The molecule has 1 saturated heterocycles. The fraction of sp³-hybridized carbons (Fsp3) is 0.391. The number of aliphatic carboxylic acids is 1. The fourth-order valence-electron chi connectivity index (χ4n) is 3.85. The molecule has 2 aromatic carbocycles. The van der Waals surface area contributed by atoms with Crippen LogP contribution in [0.2, 0.25) is 0 Å². The minimum atomic E-state index is -0.762. The molecule has 0 bridgehead atoms. The highest BCUT2D eigenvalue weighted by Crippen LogP contribution is 2.40. The van der Waals surface area contributed by atoms with Crippen molar-refractivity contribution in [2.24, 2.45) is 10.4 Å². The number of hydrogen-bond donors (Lipinski definition) is 1. The molecule has 0 unspecified atom stereocenters. The second-order valence-corrected chi connectivity index (χ2v) is 9.52. The molecule has 2 aliphatic heterocycles. The van der Waals surface area contributed by atoms with E-state index in [9.17, 15) is 9.90 Å². The second kappa shape index (κ2) is 8.04. The SMILES string of the molecule is Cc1ccc2c(c1)C(N1CCN(CC(C)(C)C(=O)O)CC1)=Nc1cc(Br)ccc1O2. The van der Waals surface area contributed by atoms with Crippen molar-refractivity contribution in [2.45, 2.75) is 20.8 Å². The number of aryl methyl sites for hydroxylation is 1. The molecule has 2 aromatic rings. The lowest BCUT2D eigenvalue weighted by Crippen LogP contribution is -2.52. The monoisotopic (exact) mass is 471 g/mol. The van der Waals surface area contributed by atoms with Gasteiger partial charge in [-0.3, -0.25) is 9.69 Å². The van der Waals surface area contributed by atoms with Crippen molar-refractivity contribution in [1.29, 1.82) is 0 Å². The van der Waals surface area contributed by atoms with Crippen LogP contribution in [0, 0.1) is 12.3 Å². The van der Waals surface area contributed by atoms with E-state index >= 15 is 0 Å². The number of halogens is 1. The number of aliphatic imine (C=N–C) groups is 1. The van der Waals surface area contributed by atoms with Gasteiger partial charge in [0.15, 0.2) is 5.75 Å². The van der Waals surface area contributed by atoms with Crippen molar-refractivity contribution in [3.05, 3.63) is 52.0 Å². The molecule has 158 valence electrons. The number of hydrogen-bond acceptors (Lipinski definition) is 5. The lowest BCUT2D eigenvalue weighted by molar-refractivity contribution is -0.148. The molecule has 1 fully saturated rings. The van der Waals surface area contributed by atoms with E-state index in [0.29, 0.717) is 6.54 Å². The van der Waals surface area contributed by atoms with Crippen LogP contribution in [-0.2, 0) is 4.79 Å². The molecule has 0 aromatic heterocycles.